The Morgan fingerprint density at radius 2 is 2.38 bits per heavy atom. The van der Waals surface area contributed by atoms with E-state index in [0.29, 0.717) is 0 Å². The van der Waals surface area contributed by atoms with E-state index >= 15 is 0 Å². The molecule has 0 fully saturated rings. The molecule has 1 nitrogen and oxygen atoms in total. The number of nitrogens with zero attached hydrogens (tertiary/aromatic N) is 1. The van der Waals surface area contributed by atoms with Gasteiger partial charge in [-0.15, -0.1) is 4.90 Å². The molecular formula is C7H11N+. The molecule has 1 heteroatoms. The molecule has 1 aliphatic rings. The minimum Gasteiger partial charge on any atom is -0.137 e. The second-order valence-electron chi connectivity index (χ2n) is 1.86. The SMILES string of the molecule is CC[N+]1C=CC=CC1. The van der Waals surface area contributed by atoms with Gasteiger partial charge >= 0.3 is 0 Å². The molecule has 0 saturated heterocycles. The lowest BCUT2D eigenvalue weighted by Gasteiger charge is -2.02. The number of likely N-dealkylation sites (N-methyl/N-ethyl adjacent to an activating group) is 1. The Bertz CT molecular complexity index is 114. The van der Waals surface area contributed by atoms with Crippen molar-refractivity contribution < 1.29 is 0 Å². The Hall–Kier alpha value is -0.560. The van der Waals surface area contributed by atoms with Crippen molar-refractivity contribution >= 4 is 0 Å². The topological polar surface area (TPSA) is 5.90 Å². The van der Waals surface area contributed by atoms with Crippen molar-refractivity contribution in [3.8, 4) is 0 Å². The van der Waals surface area contributed by atoms with Crippen LogP contribution in [-0.2, 0) is 0 Å². The molecule has 1 aliphatic heterocycles. The van der Waals surface area contributed by atoms with Crippen molar-refractivity contribution in [3.05, 3.63) is 24.4 Å². The van der Waals surface area contributed by atoms with Crippen molar-refractivity contribution in [1.82, 2.24) is 4.90 Å². The van der Waals surface area contributed by atoms with Crippen molar-refractivity contribution in [1.29, 1.82) is 0 Å². The second-order valence-corrected chi connectivity index (χ2v) is 1.86. The lowest BCUT2D eigenvalue weighted by atomic mass is 10.3. The number of allylic oxidation sites excluding steroid dienone is 2. The van der Waals surface area contributed by atoms with Crippen LogP contribution < -0.4 is 4.90 Å². The molecule has 0 aromatic carbocycles. The summed E-state index contributed by atoms with van der Waals surface area (Å²) < 4.78 is 0. The van der Waals surface area contributed by atoms with E-state index < -0.39 is 0 Å². The molecule has 0 atom stereocenters. The Kier molecular flexibility index (Phi) is 1.86. The third-order valence-corrected chi connectivity index (χ3v) is 1.29. The molecule has 1 radical (unpaired) electrons. The zero-order valence-electron chi connectivity index (χ0n) is 5.17. The van der Waals surface area contributed by atoms with Crippen LogP contribution >= 0.6 is 0 Å². The van der Waals surface area contributed by atoms with Crippen molar-refractivity contribution in [2.45, 2.75) is 6.92 Å². The summed E-state index contributed by atoms with van der Waals surface area (Å²) in [7, 11) is 0. The highest BCUT2D eigenvalue weighted by Crippen LogP contribution is 1.91. The maximum Gasteiger partial charge on any atom is 0.146 e. The monoisotopic (exact) mass is 109 g/mol. The van der Waals surface area contributed by atoms with Crippen LogP contribution in [-0.4, -0.2) is 13.1 Å². The highest BCUT2D eigenvalue weighted by atomic mass is 15.1. The van der Waals surface area contributed by atoms with Gasteiger partial charge in [-0.05, 0) is 19.1 Å². The summed E-state index contributed by atoms with van der Waals surface area (Å²) in [6, 6.07) is 0. The Morgan fingerprint density at radius 3 is 2.75 bits per heavy atom. The molecule has 0 saturated carbocycles. The lowest BCUT2D eigenvalue weighted by molar-refractivity contribution is 0.591. The predicted molar refractivity (Wildman–Crippen MR) is 35.8 cm³/mol. The molecular weight excluding hydrogens is 98.1 g/mol. The highest BCUT2D eigenvalue weighted by Gasteiger charge is 2.05. The molecule has 43 valence electrons. The van der Waals surface area contributed by atoms with E-state index in [2.05, 4.69) is 36.3 Å². The van der Waals surface area contributed by atoms with E-state index in [1.165, 1.54) is 0 Å². The van der Waals surface area contributed by atoms with Gasteiger partial charge in [-0.3, -0.25) is 0 Å². The van der Waals surface area contributed by atoms with Crippen LogP contribution in [0.5, 0.6) is 0 Å². The van der Waals surface area contributed by atoms with Gasteiger partial charge in [0.05, 0.1) is 0 Å². The van der Waals surface area contributed by atoms with E-state index in [-0.39, 0.29) is 0 Å². The van der Waals surface area contributed by atoms with Crippen LogP contribution in [0.4, 0.5) is 0 Å². The van der Waals surface area contributed by atoms with Gasteiger partial charge in [-0.1, -0.05) is 6.08 Å². The van der Waals surface area contributed by atoms with Gasteiger partial charge in [-0.2, -0.15) is 0 Å². The molecule has 0 spiro atoms. The van der Waals surface area contributed by atoms with Crippen LogP contribution in [0.15, 0.2) is 24.4 Å². The van der Waals surface area contributed by atoms with Gasteiger partial charge < -0.3 is 0 Å². The van der Waals surface area contributed by atoms with Crippen molar-refractivity contribution in [2.75, 3.05) is 13.1 Å². The van der Waals surface area contributed by atoms with Crippen LogP contribution in [0.3, 0.4) is 0 Å². The molecule has 0 aromatic rings. The average molecular weight is 109 g/mol. The first-order valence-corrected chi connectivity index (χ1v) is 3.01. The van der Waals surface area contributed by atoms with E-state index in [0.717, 1.165) is 13.1 Å². The number of rotatable bonds is 1. The Balaban J connectivity index is 2.40. The summed E-state index contributed by atoms with van der Waals surface area (Å²) >= 11 is 0. The molecule has 0 bridgehead atoms. The first-order valence-electron chi connectivity index (χ1n) is 3.01. The fraction of sp³-hybridized carbons (Fsp3) is 0.429. The minimum atomic E-state index is 1.08. The van der Waals surface area contributed by atoms with Crippen LogP contribution in [0.2, 0.25) is 0 Å². The smallest absolute Gasteiger partial charge is 0.137 e. The lowest BCUT2D eigenvalue weighted by Crippen LogP contribution is -2.24. The standard InChI is InChI=1S/C7H11N/c1-2-8-6-4-3-5-7-8/h3-6H,2,7H2,1H3/q+1. The Morgan fingerprint density at radius 1 is 1.50 bits per heavy atom. The summed E-state index contributed by atoms with van der Waals surface area (Å²) in [5.41, 5.74) is 0. The molecule has 1 rings (SSSR count). The maximum absolute atomic E-state index is 2.25. The fourth-order valence-corrected chi connectivity index (χ4v) is 0.742. The molecule has 0 amide bonds. The highest BCUT2D eigenvalue weighted by molar-refractivity contribution is 5.10. The maximum atomic E-state index is 2.25. The molecule has 0 N–H and O–H groups in total. The van der Waals surface area contributed by atoms with Crippen LogP contribution in [0, 0.1) is 0 Å². The van der Waals surface area contributed by atoms with Gasteiger partial charge in [0, 0.05) is 0 Å². The molecule has 1 heterocycles. The van der Waals surface area contributed by atoms with Gasteiger partial charge in [0.2, 0.25) is 0 Å². The normalized spacial score (nSPS) is 19.6. The van der Waals surface area contributed by atoms with Gasteiger partial charge in [-0.25, -0.2) is 0 Å². The van der Waals surface area contributed by atoms with Crippen molar-refractivity contribution in [2.24, 2.45) is 0 Å². The third-order valence-electron chi connectivity index (χ3n) is 1.29. The third kappa shape index (κ3) is 1.20. The zero-order valence-corrected chi connectivity index (χ0v) is 5.17. The quantitative estimate of drug-likeness (QED) is 0.447. The molecule has 0 unspecified atom stereocenters. The fourth-order valence-electron chi connectivity index (χ4n) is 0.742. The van der Waals surface area contributed by atoms with Gasteiger partial charge in [0.15, 0.2) is 0 Å². The number of hydrogen-bond acceptors (Lipinski definition) is 1. The van der Waals surface area contributed by atoms with Gasteiger partial charge in [0.25, 0.3) is 0 Å². The second kappa shape index (κ2) is 2.68. The first kappa shape index (κ1) is 5.57. The van der Waals surface area contributed by atoms with E-state index in [1.807, 2.05) is 0 Å². The van der Waals surface area contributed by atoms with E-state index in [4.69, 9.17) is 0 Å². The summed E-state index contributed by atoms with van der Waals surface area (Å²) in [6.07, 6.45) is 8.41. The van der Waals surface area contributed by atoms with Crippen molar-refractivity contribution in [3.63, 3.8) is 0 Å². The van der Waals surface area contributed by atoms with Crippen LogP contribution in [0.25, 0.3) is 0 Å². The van der Waals surface area contributed by atoms with Crippen LogP contribution in [0.1, 0.15) is 6.92 Å². The summed E-state index contributed by atoms with van der Waals surface area (Å²) in [6.45, 7) is 4.34. The molecule has 8 heavy (non-hydrogen) atoms. The largest absolute Gasteiger partial charge is 0.146 e. The number of hydrogen-bond donors (Lipinski definition) is 0. The molecule has 0 aromatic heterocycles. The van der Waals surface area contributed by atoms with E-state index in [1.54, 1.807) is 0 Å². The molecule has 0 aliphatic carbocycles. The van der Waals surface area contributed by atoms with E-state index in [9.17, 15) is 0 Å². The predicted octanol–water partition coefficient (Wildman–Crippen LogP) is 1.23. The average Bonchev–Trinajstić information content (AvgIpc) is 1.90. The van der Waals surface area contributed by atoms with Gasteiger partial charge in [0.1, 0.15) is 19.3 Å². The summed E-state index contributed by atoms with van der Waals surface area (Å²) in [4.78, 5) is 2.25. The first-order chi connectivity index (χ1) is 3.93. The summed E-state index contributed by atoms with van der Waals surface area (Å²) in [5.74, 6) is 0. The minimum absolute atomic E-state index is 1.08. The summed E-state index contributed by atoms with van der Waals surface area (Å²) in [5, 5.41) is 0. The Labute approximate surface area is 50.3 Å². The zero-order chi connectivity index (χ0) is 5.82.